The summed E-state index contributed by atoms with van der Waals surface area (Å²) in [6.07, 6.45) is 4.90. The highest BCUT2D eigenvalue weighted by atomic mass is 16.5. The number of hydrogen-bond acceptors (Lipinski definition) is 3. The lowest BCUT2D eigenvalue weighted by molar-refractivity contribution is -0.000575. The standard InChI is InChI=1S/C18H29NO2/c1-5-6-13(2)12-21-17-10-8-14-7-9-15(20-4)11-16(14)18(17)19-3/h7,9,11,13,17-19H,5-6,8,10,12H2,1-4H3. The maximum absolute atomic E-state index is 6.23. The van der Waals surface area contributed by atoms with Crippen LogP contribution in [0.2, 0.25) is 0 Å². The van der Waals surface area contributed by atoms with Crippen LogP contribution in [0.1, 0.15) is 50.3 Å². The normalized spacial score (nSPS) is 22.7. The second kappa shape index (κ2) is 7.81. The van der Waals surface area contributed by atoms with Crippen molar-refractivity contribution in [2.75, 3.05) is 20.8 Å². The van der Waals surface area contributed by atoms with Gasteiger partial charge in [-0.1, -0.05) is 26.3 Å². The molecular formula is C18H29NO2. The highest BCUT2D eigenvalue weighted by Gasteiger charge is 2.29. The fourth-order valence-corrected chi connectivity index (χ4v) is 3.27. The predicted octanol–water partition coefficient (Wildman–Crippen LogP) is 3.72. The van der Waals surface area contributed by atoms with Gasteiger partial charge in [-0.15, -0.1) is 0 Å². The first-order chi connectivity index (χ1) is 10.2. The Balaban J connectivity index is 2.07. The molecule has 3 nitrogen and oxygen atoms in total. The number of hydrogen-bond donors (Lipinski definition) is 1. The average molecular weight is 291 g/mol. The number of fused-ring (bicyclic) bond motifs is 1. The van der Waals surface area contributed by atoms with Crippen LogP contribution in [0.3, 0.4) is 0 Å². The van der Waals surface area contributed by atoms with Crippen LogP contribution in [0.25, 0.3) is 0 Å². The lowest BCUT2D eigenvalue weighted by Crippen LogP contribution is -2.36. The molecule has 21 heavy (non-hydrogen) atoms. The zero-order chi connectivity index (χ0) is 15.2. The van der Waals surface area contributed by atoms with E-state index >= 15 is 0 Å². The van der Waals surface area contributed by atoms with Crippen LogP contribution < -0.4 is 10.1 Å². The second-order valence-corrected chi connectivity index (χ2v) is 6.14. The van der Waals surface area contributed by atoms with E-state index < -0.39 is 0 Å². The van der Waals surface area contributed by atoms with E-state index in [0.717, 1.165) is 25.2 Å². The van der Waals surface area contributed by atoms with E-state index in [9.17, 15) is 0 Å². The molecule has 2 rings (SSSR count). The lowest BCUT2D eigenvalue weighted by atomic mass is 9.85. The molecule has 3 unspecified atom stereocenters. The molecule has 0 heterocycles. The largest absolute Gasteiger partial charge is 0.497 e. The smallest absolute Gasteiger partial charge is 0.119 e. The molecule has 0 spiro atoms. The molecule has 0 amide bonds. The van der Waals surface area contributed by atoms with Crippen molar-refractivity contribution >= 4 is 0 Å². The number of ether oxygens (including phenoxy) is 2. The van der Waals surface area contributed by atoms with Gasteiger partial charge in [-0.25, -0.2) is 0 Å². The average Bonchev–Trinajstić information content (AvgIpc) is 2.51. The van der Waals surface area contributed by atoms with Crippen LogP contribution in [-0.4, -0.2) is 26.9 Å². The first-order valence-corrected chi connectivity index (χ1v) is 8.15. The van der Waals surface area contributed by atoms with Crippen LogP contribution in [0.4, 0.5) is 0 Å². The minimum atomic E-state index is 0.258. The zero-order valence-electron chi connectivity index (χ0n) is 13.8. The van der Waals surface area contributed by atoms with E-state index in [1.807, 2.05) is 7.05 Å². The van der Waals surface area contributed by atoms with Gasteiger partial charge in [0.25, 0.3) is 0 Å². The molecule has 1 aliphatic rings. The van der Waals surface area contributed by atoms with E-state index in [0.29, 0.717) is 5.92 Å². The Kier molecular flexibility index (Phi) is 6.07. The van der Waals surface area contributed by atoms with Crippen molar-refractivity contribution < 1.29 is 9.47 Å². The van der Waals surface area contributed by atoms with Gasteiger partial charge in [-0.3, -0.25) is 0 Å². The molecule has 0 aliphatic heterocycles. The molecule has 1 aromatic carbocycles. The van der Waals surface area contributed by atoms with Crippen molar-refractivity contribution in [3.63, 3.8) is 0 Å². The molecular weight excluding hydrogens is 262 g/mol. The van der Waals surface area contributed by atoms with Crippen molar-refractivity contribution in [2.24, 2.45) is 5.92 Å². The molecule has 0 bridgehead atoms. The van der Waals surface area contributed by atoms with Crippen LogP contribution in [0, 0.1) is 5.92 Å². The number of methoxy groups -OCH3 is 1. The minimum Gasteiger partial charge on any atom is -0.497 e. The summed E-state index contributed by atoms with van der Waals surface area (Å²) in [4.78, 5) is 0. The highest BCUT2D eigenvalue weighted by Crippen LogP contribution is 2.34. The third kappa shape index (κ3) is 3.98. The van der Waals surface area contributed by atoms with Gasteiger partial charge in [-0.2, -0.15) is 0 Å². The van der Waals surface area contributed by atoms with E-state index in [4.69, 9.17) is 9.47 Å². The fraction of sp³-hybridized carbons (Fsp3) is 0.667. The summed E-state index contributed by atoms with van der Waals surface area (Å²) < 4.78 is 11.6. The molecule has 1 aromatic rings. The number of rotatable bonds is 7. The number of nitrogens with one attached hydrogen (secondary N) is 1. The van der Waals surface area contributed by atoms with Gasteiger partial charge in [-0.05, 0) is 55.5 Å². The quantitative estimate of drug-likeness (QED) is 0.830. The molecule has 0 radical (unpaired) electrons. The third-order valence-electron chi connectivity index (χ3n) is 4.45. The molecule has 118 valence electrons. The lowest BCUT2D eigenvalue weighted by Gasteiger charge is -2.34. The summed E-state index contributed by atoms with van der Waals surface area (Å²) in [5.74, 6) is 1.56. The van der Waals surface area contributed by atoms with E-state index in [-0.39, 0.29) is 12.1 Å². The Labute approximate surface area is 129 Å². The Morgan fingerprint density at radius 2 is 2.19 bits per heavy atom. The maximum atomic E-state index is 6.23. The zero-order valence-corrected chi connectivity index (χ0v) is 13.8. The van der Waals surface area contributed by atoms with E-state index in [2.05, 4.69) is 37.4 Å². The van der Waals surface area contributed by atoms with Crippen molar-refractivity contribution in [3.05, 3.63) is 29.3 Å². The molecule has 3 heteroatoms. The summed E-state index contributed by atoms with van der Waals surface area (Å²) in [5.41, 5.74) is 2.74. The summed E-state index contributed by atoms with van der Waals surface area (Å²) in [5, 5.41) is 3.44. The van der Waals surface area contributed by atoms with E-state index in [1.54, 1.807) is 7.11 Å². The summed E-state index contributed by atoms with van der Waals surface area (Å²) in [6.45, 7) is 5.36. The Morgan fingerprint density at radius 3 is 2.86 bits per heavy atom. The van der Waals surface area contributed by atoms with Crippen LogP contribution in [0.5, 0.6) is 5.75 Å². The first kappa shape index (κ1) is 16.3. The van der Waals surface area contributed by atoms with Crippen LogP contribution in [0.15, 0.2) is 18.2 Å². The van der Waals surface area contributed by atoms with Gasteiger partial charge < -0.3 is 14.8 Å². The Morgan fingerprint density at radius 1 is 1.38 bits per heavy atom. The summed E-state index contributed by atoms with van der Waals surface area (Å²) in [7, 11) is 3.74. The molecule has 0 saturated heterocycles. The van der Waals surface area contributed by atoms with E-state index in [1.165, 1.54) is 24.0 Å². The summed E-state index contributed by atoms with van der Waals surface area (Å²) >= 11 is 0. The minimum absolute atomic E-state index is 0.258. The van der Waals surface area contributed by atoms with Gasteiger partial charge in [0.05, 0.1) is 19.3 Å². The van der Waals surface area contributed by atoms with Crippen molar-refractivity contribution in [1.82, 2.24) is 5.32 Å². The maximum Gasteiger partial charge on any atom is 0.119 e. The topological polar surface area (TPSA) is 30.5 Å². The van der Waals surface area contributed by atoms with Gasteiger partial charge in [0.15, 0.2) is 0 Å². The molecule has 1 aliphatic carbocycles. The van der Waals surface area contributed by atoms with Gasteiger partial charge >= 0.3 is 0 Å². The number of likely N-dealkylation sites (N-methyl/N-ethyl adjacent to an activating group) is 1. The predicted molar refractivity (Wildman–Crippen MR) is 86.9 cm³/mol. The Hall–Kier alpha value is -1.06. The number of benzene rings is 1. The van der Waals surface area contributed by atoms with Crippen molar-refractivity contribution in [3.8, 4) is 5.75 Å². The van der Waals surface area contributed by atoms with Crippen LogP contribution >= 0.6 is 0 Å². The summed E-state index contributed by atoms with van der Waals surface area (Å²) in [6, 6.07) is 6.66. The molecule has 3 atom stereocenters. The van der Waals surface area contributed by atoms with Gasteiger partial charge in [0.1, 0.15) is 5.75 Å². The monoisotopic (exact) mass is 291 g/mol. The van der Waals surface area contributed by atoms with Gasteiger partial charge in [0.2, 0.25) is 0 Å². The van der Waals surface area contributed by atoms with Gasteiger partial charge in [0, 0.05) is 6.61 Å². The Bertz CT molecular complexity index is 447. The number of aryl methyl sites for hydroxylation is 1. The SMILES string of the molecule is CCCC(C)COC1CCc2ccc(OC)cc2C1NC. The first-order valence-electron chi connectivity index (χ1n) is 8.15. The molecule has 0 aromatic heterocycles. The molecule has 0 saturated carbocycles. The molecule has 0 fully saturated rings. The third-order valence-corrected chi connectivity index (χ3v) is 4.45. The molecule has 1 N–H and O–H groups in total. The van der Waals surface area contributed by atoms with Crippen molar-refractivity contribution in [2.45, 2.75) is 51.7 Å². The highest BCUT2D eigenvalue weighted by molar-refractivity contribution is 5.40. The van der Waals surface area contributed by atoms with Crippen molar-refractivity contribution in [1.29, 1.82) is 0 Å². The fourth-order valence-electron chi connectivity index (χ4n) is 3.27. The second-order valence-electron chi connectivity index (χ2n) is 6.14. The van der Waals surface area contributed by atoms with Crippen LogP contribution in [-0.2, 0) is 11.2 Å².